The van der Waals surface area contributed by atoms with Gasteiger partial charge in [0, 0.05) is 12.5 Å². The lowest BCUT2D eigenvalue weighted by molar-refractivity contribution is -0.789. The number of thiocarbonyl (C=S) groups is 1. The summed E-state index contributed by atoms with van der Waals surface area (Å²) in [6.07, 6.45) is 0.822. The van der Waals surface area contributed by atoms with E-state index in [1.54, 1.807) is 11.3 Å². The average molecular weight is 385 g/mol. The van der Waals surface area contributed by atoms with Gasteiger partial charge < -0.3 is 20.7 Å². The van der Waals surface area contributed by atoms with Crippen molar-refractivity contribution in [3.05, 3.63) is 16.0 Å². The molecule has 0 atom stereocenters. The Balaban J connectivity index is 2.51. The van der Waals surface area contributed by atoms with Crippen LogP contribution in [-0.2, 0) is 16.7 Å². The second-order valence-electron chi connectivity index (χ2n) is 8.12. The topological polar surface area (TPSA) is 67.0 Å². The molecule has 25 heavy (non-hydrogen) atoms. The predicted molar refractivity (Wildman–Crippen MR) is 108 cm³/mol. The number of anilines is 1. The fourth-order valence-electron chi connectivity index (χ4n) is 3.61. The summed E-state index contributed by atoms with van der Waals surface area (Å²) < 4.78 is 5.35. The lowest BCUT2D eigenvalue weighted by Crippen LogP contribution is -3.03. The van der Waals surface area contributed by atoms with E-state index in [0.29, 0.717) is 17.3 Å². The highest BCUT2D eigenvalue weighted by Crippen LogP contribution is 2.42. The molecule has 1 aromatic rings. The number of carbonyl (C=O) groups excluding carboxylic acids is 1. The van der Waals surface area contributed by atoms with Gasteiger partial charge >= 0.3 is 5.97 Å². The van der Waals surface area contributed by atoms with Gasteiger partial charge in [-0.15, -0.1) is 11.3 Å². The molecule has 0 unspecified atom stereocenters. The lowest BCUT2D eigenvalue weighted by Gasteiger charge is -2.38. The number of ether oxygens (including phenoxy) is 1. The maximum absolute atomic E-state index is 12.7. The Morgan fingerprint density at radius 2 is 2.00 bits per heavy atom. The van der Waals surface area contributed by atoms with Crippen molar-refractivity contribution in [1.82, 2.24) is 5.32 Å². The largest absolute Gasteiger partial charge is 0.462 e. The number of nitrogens with one attached hydrogen (secondary N) is 2. The van der Waals surface area contributed by atoms with Gasteiger partial charge in [0.1, 0.15) is 10.5 Å². The van der Waals surface area contributed by atoms with E-state index in [1.807, 2.05) is 20.8 Å². The van der Waals surface area contributed by atoms with E-state index in [0.717, 1.165) is 17.0 Å². The minimum atomic E-state index is -0.275. The van der Waals surface area contributed by atoms with Crippen LogP contribution in [0, 0.1) is 0 Å². The van der Waals surface area contributed by atoms with Crippen molar-refractivity contribution in [3.63, 3.8) is 0 Å². The summed E-state index contributed by atoms with van der Waals surface area (Å²) in [7, 11) is 0. The molecule has 2 heterocycles. The van der Waals surface area contributed by atoms with Crippen LogP contribution in [-0.4, -0.2) is 29.3 Å². The van der Waals surface area contributed by atoms with E-state index in [4.69, 9.17) is 17.0 Å². The first-order valence-electron chi connectivity index (χ1n) is 8.74. The summed E-state index contributed by atoms with van der Waals surface area (Å²) in [4.78, 5) is 13.9. The zero-order valence-electron chi connectivity index (χ0n) is 16.2. The van der Waals surface area contributed by atoms with Crippen molar-refractivity contribution in [3.8, 4) is 0 Å². The fourth-order valence-corrected chi connectivity index (χ4v) is 5.30. The number of hydrogen-bond acceptors (Lipinski definition) is 4. The average Bonchev–Trinajstić information content (AvgIpc) is 2.74. The van der Waals surface area contributed by atoms with Gasteiger partial charge in [-0.05, 0) is 66.2 Å². The van der Waals surface area contributed by atoms with Gasteiger partial charge in [-0.3, -0.25) is 0 Å². The Morgan fingerprint density at radius 1 is 1.36 bits per heavy atom. The second-order valence-corrected chi connectivity index (χ2v) is 9.55. The minimum absolute atomic E-state index is 0.0206. The van der Waals surface area contributed by atoms with Crippen molar-refractivity contribution < 1.29 is 14.8 Å². The van der Waals surface area contributed by atoms with Crippen LogP contribution in [0.15, 0.2) is 0 Å². The van der Waals surface area contributed by atoms with Gasteiger partial charge in [0.2, 0.25) is 0 Å². The number of nitrogens with two attached hydrogens (primary N) is 1. The van der Waals surface area contributed by atoms with Gasteiger partial charge in [-0.25, -0.2) is 4.79 Å². The second kappa shape index (κ2) is 7.21. The SMILES string of the molecule is CCOC(=O)c1c(NC(=S)NC(C)C)sc2c1CC(C)(C)[NH2+]C2(C)C. The third-order valence-corrected chi connectivity index (χ3v) is 5.81. The highest BCUT2D eigenvalue weighted by atomic mass is 32.1. The zero-order chi connectivity index (χ0) is 19.0. The van der Waals surface area contributed by atoms with Crippen molar-refractivity contribution in [2.75, 3.05) is 11.9 Å². The van der Waals surface area contributed by atoms with Gasteiger partial charge in [0.15, 0.2) is 5.11 Å². The fraction of sp³-hybridized carbons (Fsp3) is 0.667. The third kappa shape index (κ3) is 4.51. The van der Waals surface area contributed by atoms with Gasteiger partial charge in [0.05, 0.1) is 22.6 Å². The standard InChI is InChI=1S/C18H29N3O2S2/c1-8-23-15(22)12-11-9-17(4,5)21-18(6,7)13(11)25-14(12)20-16(24)19-10(2)3/h10,21H,8-9H2,1-7H3,(H2,19,20,24)/p+1. The van der Waals surface area contributed by atoms with Crippen LogP contribution in [0.3, 0.4) is 0 Å². The lowest BCUT2D eigenvalue weighted by atomic mass is 9.81. The van der Waals surface area contributed by atoms with Crippen LogP contribution < -0.4 is 16.0 Å². The van der Waals surface area contributed by atoms with Crippen LogP contribution in [0.25, 0.3) is 0 Å². The van der Waals surface area contributed by atoms with E-state index >= 15 is 0 Å². The molecule has 2 rings (SSSR count). The number of esters is 1. The first kappa shape index (κ1) is 20.1. The molecule has 1 aliphatic heterocycles. The summed E-state index contributed by atoms with van der Waals surface area (Å²) in [6.45, 7) is 15.1. The number of carbonyl (C=O) groups is 1. The molecule has 0 spiro atoms. The molecule has 0 aliphatic carbocycles. The third-order valence-electron chi connectivity index (χ3n) is 4.10. The first-order valence-corrected chi connectivity index (χ1v) is 9.97. The summed E-state index contributed by atoms with van der Waals surface area (Å²) in [5.74, 6) is -0.275. The number of fused-ring (bicyclic) bond motifs is 1. The highest BCUT2D eigenvalue weighted by molar-refractivity contribution is 7.80. The molecule has 1 aromatic heterocycles. The van der Waals surface area contributed by atoms with Crippen molar-refractivity contribution in [2.24, 2.45) is 0 Å². The summed E-state index contributed by atoms with van der Waals surface area (Å²) in [5.41, 5.74) is 1.66. The molecular formula is C18H30N3O2S2+. The molecule has 0 saturated heterocycles. The molecule has 0 aromatic carbocycles. The molecular weight excluding hydrogens is 354 g/mol. The van der Waals surface area contributed by atoms with Crippen LogP contribution in [0.2, 0.25) is 0 Å². The monoisotopic (exact) mass is 384 g/mol. The molecule has 0 radical (unpaired) electrons. The molecule has 140 valence electrons. The molecule has 7 heteroatoms. The van der Waals surface area contributed by atoms with E-state index in [2.05, 4.69) is 43.6 Å². The highest BCUT2D eigenvalue weighted by Gasteiger charge is 2.45. The molecule has 0 amide bonds. The van der Waals surface area contributed by atoms with Gasteiger partial charge in [-0.2, -0.15) is 0 Å². The maximum atomic E-state index is 12.7. The summed E-state index contributed by atoms with van der Waals surface area (Å²) in [6, 6.07) is 0.226. The summed E-state index contributed by atoms with van der Waals surface area (Å²) in [5, 5.41) is 10.1. The van der Waals surface area contributed by atoms with Crippen LogP contribution >= 0.6 is 23.6 Å². The number of quaternary nitrogens is 1. The molecule has 5 nitrogen and oxygen atoms in total. The number of hydrogen-bond donors (Lipinski definition) is 3. The van der Waals surface area contributed by atoms with E-state index in [9.17, 15) is 4.79 Å². The summed E-state index contributed by atoms with van der Waals surface area (Å²) >= 11 is 7.00. The van der Waals surface area contributed by atoms with Crippen molar-refractivity contribution in [2.45, 2.75) is 72.0 Å². The number of thiophene rings is 1. The molecule has 4 N–H and O–H groups in total. The zero-order valence-corrected chi connectivity index (χ0v) is 17.8. The van der Waals surface area contributed by atoms with Crippen molar-refractivity contribution >= 4 is 39.6 Å². The van der Waals surface area contributed by atoms with E-state index < -0.39 is 0 Å². The molecule has 1 aliphatic rings. The molecule has 0 bridgehead atoms. The smallest absolute Gasteiger partial charge is 0.341 e. The Hall–Kier alpha value is -1.18. The minimum Gasteiger partial charge on any atom is -0.462 e. The Morgan fingerprint density at radius 3 is 2.56 bits per heavy atom. The number of rotatable bonds is 4. The Kier molecular flexibility index (Phi) is 5.81. The quantitative estimate of drug-likeness (QED) is 0.550. The molecule has 0 fully saturated rings. The van der Waals surface area contributed by atoms with Crippen molar-refractivity contribution in [1.29, 1.82) is 0 Å². The van der Waals surface area contributed by atoms with Crippen LogP contribution in [0.4, 0.5) is 5.00 Å². The van der Waals surface area contributed by atoms with E-state index in [1.165, 1.54) is 4.88 Å². The van der Waals surface area contributed by atoms with Gasteiger partial charge in [-0.1, -0.05) is 0 Å². The van der Waals surface area contributed by atoms with Gasteiger partial charge in [0.25, 0.3) is 0 Å². The Bertz CT molecular complexity index is 678. The van der Waals surface area contributed by atoms with Crippen LogP contribution in [0.5, 0.6) is 0 Å². The predicted octanol–water partition coefficient (Wildman–Crippen LogP) is 2.75. The normalized spacial score (nSPS) is 17.8. The maximum Gasteiger partial charge on any atom is 0.341 e. The van der Waals surface area contributed by atoms with Crippen LogP contribution in [0.1, 0.15) is 69.3 Å². The van der Waals surface area contributed by atoms with E-state index in [-0.39, 0.29) is 23.1 Å². The molecule has 0 saturated carbocycles. The first-order chi connectivity index (χ1) is 11.5. The Labute approximate surface area is 159 Å².